The highest BCUT2D eigenvalue weighted by molar-refractivity contribution is 14.1. The van der Waals surface area contributed by atoms with Crippen LogP contribution in [-0.2, 0) is 0 Å². The molecule has 0 saturated heterocycles. The molecule has 1 N–H and O–H groups in total. The van der Waals surface area contributed by atoms with Gasteiger partial charge in [0.25, 0.3) is 0 Å². The Morgan fingerprint density at radius 1 is 1.16 bits per heavy atom. The first-order valence-electron chi connectivity index (χ1n) is 7.72. The van der Waals surface area contributed by atoms with Gasteiger partial charge in [0.1, 0.15) is 0 Å². The molecule has 0 amide bonds. The first kappa shape index (κ1) is 15.3. The molecule has 2 rings (SSSR count). The molecule has 2 heteroatoms. The number of benzene rings is 1. The molecule has 0 heterocycles. The first-order chi connectivity index (χ1) is 9.20. The maximum Gasteiger partial charge on any atom is 0.0294 e. The van der Waals surface area contributed by atoms with Crippen molar-refractivity contribution in [1.29, 1.82) is 0 Å². The van der Waals surface area contributed by atoms with Gasteiger partial charge in [-0.05, 0) is 72.4 Å². The minimum absolute atomic E-state index is 0.462. The van der Waals surface area contributed by atoms with Gasteiger partial charge in [-0.3, -0.25) is 0 Å². The van der Waals surface area contributed by atoms with Gasteiger partial charge >= 0.3 is 0 Å². The van der Waals surface area contributed by atoms with Crippen molar-refractivity contribution < 1.29 is 0 Å². The highest BCUT2D eigenvalue weighted by Gasteiger charge is 2.23. The zero-order valence-corrected chi connectivity index (χ0v) is 14.3. The fourth-order valence-electron chi connectivity index (χ4n) is 3.29. The van der Waals surface area contributed by atoms with E-state index in [0.29, 0.717) is 12.1 Å². The van der Waals surface area contributed by atoms with Crippen molar-refractivity contribution in [1.82, 2.24) is 5.32 Å². The smallest absolute Gasteiger partial charge is 0.0294 e. The van der Waals surface area contributed by atoms with Crippen molar-refractivity contribution in [3.05, 3.63) is 33.4 Å². The Balaban J connectivity index is 1.95. The van der Waals surface area contributed by atoms with E-state index in [2.05, 4.69) is 66.0 Å². The molecule has 0 radical (unpaired) electrons. The van der Waals surface area contributed by atoms with Crippen LogP contribution in [0.25, 0.3) is 0 Å². The fourth-order valence-corrected chi connectivity index (χ4v) is 3.65. The average molecular weight is 371 g/mol. The third-order valence-corrected chi connectivity index (χ3v) is 5.21. The summed E-state index contributed by atoms with van der Waals surface area (Å²) in [5.41, 5.74) is 1.41. The second kappa shape index (κ2) is 7.63. The molecule has 0 spiro atoms. The van der Waals surface area contributed by atoms with Crippen molar-refractivity contribution in [2.75, 3.05) is 0 Å². The second-order valence-electron chi connectivity index (χ2n) is 5.85. The molecule has 2 atom stereocenters. The molecule has 19 heavy (non-hydrogen) atoms. The van der Waals surface area contributed by atoms with Crippen LogP contribution in [0, 0.1) is 9.49 Å². The molecule has 1 fully saturated rings. The van der Waals surface area contributed by atoms with Gasteiger partial charge in [-0.15, -0.1) is 0 Å². The molecule has 2 unspecified atom stereocenters. The van der Waals surface area contributed by atoms with Crippen LogP contribution < -0.4 is 5.32 Å². The Kier molecular flexibility index (Phi) is 6.14. The highest BCUT2D eigenvalue weighted by atomic mass is 127. The van der Waals surface area contributed by atoms with Gasteiger partial charge in [0.2, 0.25) is 0 Å². The van der Waals surface area contributed by atoms with Crippen LogP contribution in [-0.4, -0.2) is 6.04 Å². The van der Waals surface area contributed by atoms with Crippen LogP contribution in [0.4, 0.5) is 0 Å². The second-order valence-corrected chi connectivity index (χ2v) is 7.10. The van der Waals surface area contributed by atoms with E-state index in [1.54, 1.807) is 0 Å². The van der Waals surface area contributed by atoms with Crippen LogP contribution in [0.5, 0.6) is 0 Å². The van der Waals surface area contributed by atoms with E-state index >= 15 is 0 Å². The summed E-state index contributed by atoms with van der Waals surface area (Å²) in [4.78, 5) is 0. The maximum atomic E-state index is 3.87. The lowest BCUT2D eigenvalue weighted by atomic mass is 9.82. The van der Waals surface area contributed by atoms with Crippen molar-refractivity contribution in [2.45, 2.75) is 64.5 Å². The van der Waals surface area contributed by atoms with Crippen LogP contribution in [0.3, 0.4) is 0 Å². The van der Waals surface area contributed by atoms with E-state index in [4.69, 9.17) is 0 Å². The lowest BCUT2D eigenvalue weighted by Gasteiger charge is -2.32. The monoisotopic (exact) mass is 371 g/mol. The summed E-state index contributed by atoms with van der Waals surface area (Å²) in [5, 5.41) is 3.87. The summed E-state index contributed by atoms with van der Waals surface area (Å²) < 4.78 is 1.31. The summed E-state index contributed by atoms with van der Waals surface area (Å²) in [6.45, 7) is 4.63. The molecule has 1 aromatic carbocycles. The number of hydrogen-bond acceptors (Lipinski definition) is 1. The zero-order valence-electron chi connectivity index (χ0n) is 12.2. The van der Waals surface area contributed by atoms with E-state index in [9.17, 15) is 0 Å². The first-order valence-corrected chi connectivity index (χ1v) is 8.80. The Hall–Kier alpha value is -0.0900. The molecule has 1 aliphatic rings. The molecule has 0 aliphatic heterocycles. The SMILES string of the molecule is CCC(NC(C)c1ccc(I)cc1)C1CCCCC1. The minimum atomic E-state index is 0.462. The van der Waals surface area contributed by atoms with Gasteiger partial charge in [-0.25, -0.2) is 0 Å². The summed E-state index contributed by atoms with van der Waals surface area (Å²) in [7, 11) is 0. The number of hydrogen-bond donors (Lipinski definition) is 1. The van der Waals surface area contributed by atoms with Gasteiger partial charge in [0.15, 0.2) is 0 Å². The summed E-state index contributed by atoms with van der Waals surface area (Å²) in [6, 6.07) is 10.1. The number of nitrogens with one attached hydrogen (secondary N) is 1. The molecule has 1 aromatic rings. The predicted molar refractivity (Wildman–Crippen MR) is 91.4 cm³/mol. The lowest BCUT2D eigenvalue weighted by Crippen LogP contribution is -2.38. The molecule has 1 nitrogen and oxygen atoms in total. The molecule has 1 saturated carbocycles. The van der Waals surface area contributed by atoms with Gasteiger partial charge < -0.3 is 5.32 Å². The van der Waals surface area contributed by atoms with Crippen molar-refractivity contribution >= 4 is 22.6 Å². The maximum absolute atomic E-state index is 3.87. The largest absolute Gasteiger partial charge is 0.307 e. The van der Waals surface area contributed by atoms with Crippen LogP contribution in [0.15, 0.2) is 24.3 Å². The normalized spacial score (nSPS) is 20.2. The van der Waals surface area contributed by atoms with Gasteiger partial charge in [-0.1, -0.05) is 38.3 Å². The minimum Gasteiger partial charge on any atom is -0.307 e. The third kappa shape index (κ3) is 4.45. The third-order valence-electron chi connectivity index (χ3n) is 4.49. The Bertz CT molecular complexity index is 367. The van der Waals surface area contributed by atoms with E-state index < -0.39 is 0 Å². The fraction of sp³-hybridized carbons (Fsp3) is 0.647. The van der Waals surface area contributed by atoms with Crippen LogP contribution in [0.1, 0.15) is 64.0 Å². The highest BCUT2D eigenvalue weighted by Crippen LogP contribution is 2.29. The molecule has 1 aliphatic carbocycles. The van der Waals surface area contributed by atoms with E-state index in [0.717, 1.165) is 5.92 Å². The van der Waals surface area contributed by atoms with E-state index in [1.165, 1.54) is 47.7 Å². The Morgan fingerprint density at radius 2 is 1.79 bits per heavy atom. The van der Waals surface area contributed by atoms with Crippen molar-refractivity contribution in [3.63, 3.8) is 0 Å². The summed E-state index contributed by atoms with van der Waals surface area (Å²) >= 11 is 2.37. The van der Waals surface area contributed by atoms with E-state index in [-0.39, 0.29) is 0 Å². The van der Waals surface area contributed by atoms with E-state index in [1.807, 2.05) is 0 Å². The molecular weight excluding hydrogens is 345 g/mol. The number of rotatable bonds is 5. The molecule has 0 aromatic heterocycles. The Morgan fingerprint density at radius 3 is 2.37 bits per heavy atom. The quantitative estimate of drug-likeness (QED) is 0.693. The molecule has 106 valence electrons. The standard InChI is InChI=1S/C17H26IN/c1-3-17(15-7-5-4-6-8-15)19-13(2)14-9-11-16(18)12-10-14/h9-13,15,17,19H,3-8H2,1-2H3. The molecule has 0 bridgehead atoms. The topological polar surface area (TPSA) is 12.0 Å². The van der Waals surface area contributed by atoms with Gasteiger partial charge in [-0.2, -0.15) is 0 Å². The predicted octanol–water partition coefficient (Wildman–Crippen LogP) is 5.30. The molecular formula is C17H26IN. The van der Waals surface area contributed by atoms with Gasteiger partial charge in [0.05, 0.1) is 0 Å². The average Bonchev–Trinajstić information content (AvgIpc) is 2.46. The number of halogens is 1. The van der Waals surface area contributed by atoms with Gasteiger partial charge in [0, 0.05) is 15.7 Å². The van der Waals surface area contributed by atoms with Crippen molar-refractivity contribution in [2.24, 2.45) is 5.92 Å². The summed E-state index contributed by atoms with van der Waals surface area (Å²) in [6.07, 6.45) is 8.40. The summed E-state index contributed by atoms with van der Waals surface area (Å²) in [5.74, 6) is 0.894. The van der Waals surface area contributed by atoms with Crippen LogP contribution in [0.2, 0.25) is 0 Å². The lowest BCUT2D eigenvalue weighted by molar-refractivity contribution is 0.249. The van der Waals surface area contributed by atoms with Crippen LogP contribution >= 0.6 is 22.6 Å². The Labute approximate surface area is 131 Å². The zero-order chi connectivity index (χ0) is 13.7. The van der Waals surface area contributed by atoms with Crippen molar-refractivity contribution in [3.8, 4) is 0 Å².